The number of carbonyl (C=O) groups is 1. The van der Waals surface area contributed by atoms with E-state index in [2.05, 4.69) is 10.2 Å². The number of piperidine rings is 1. The number of halogens is 1. The molecule has 33 heavy (non-hydrogen) atoms. The number of fused-ring (bicyclic) bond motifs is 1. The standard InChI is InChI=1S/C24H36N4O4.ClH/c1-17(2)27-20-5-3-4-6-21(20)28(23(27)31)22(30)25-15-18-9-13-26(14-10-18)16-24(32)11-7-19(29)8-12-24;/h3-6,17-19,29,32H,7-16H2,1-2H3,(H,25,30);1H. The molecule has 1 saturated heterocycles. The lowest BCUT2D eigenvalue weighted by atomic mass is 9.82. The molecule has 1 amide bonds. The normalized spacial score (nSPS) is 24.7. The van der Waals surface area contributed by atoms with Crippen LogP contribution in [0.5, 0.6) is 0 Å². The Balaban J connectivity index is 0.00000306. The van der Waals surface area contributed by atoms with Crippen LogP contribution in [0.3, 0.4) is 0 Å². The second-order valence-corrected chi connectivity index (χ2v) is 9.93. The van der Waals surface area contributed by atoms with Gasteiger partial charge in [0.15, 0.2) is 0 Å². The molecule has 4 rings (SSSR count). The first kappa shape index (κ1) is 25.7. The molecule has 2 aliphatic rings. The third-order valence-corrected chi connectivity index (χ3v) is 7.15. The second kappa shape index (κ2) is 10.6. The molecule has 2 aromatic rings. The van der Waals surface area contributed by atoms with Crippen LogP contribution in [0.2, 0.25) is 0 Å². The highest BCUT2D eigenvalue weighted by molar-refractivity contribution is 5.89. The molecular formula is C24H37ClN4O4. The summed E-state index contributed by atoms with van der Waals surface area (Å²) in [6.07, 6.45) is 4.28. The summed E-state index contributed by atoms with van der Waals surface area (Å²) in [4.78, 5) is 28.2. The molecule has 9 heteroatoms. The molecule has 1 aliphatic carbocycles. The monoisotopic (exact) mass is 480 g/mol. The van der Waals surface area contributed by atoms with E-state index >= 15 is 0 Å². The number of aromatic nitrogens is 2. The van der Waals surface area contributed by atoms with Crippen LogP contribution in [0.4, 0.5) is 4.79 Å². The Kier molecular flexibility index (Phi) is 8.26. The largest absolute Gasteiger partial charge is 0.393 e. The third kappa shape index (κ3) is 5.62. The number of amides is 1. The Bertz CT molecular complexity index is 1000. The lowest BCUT2D eigenvalue weighted by Crippen LogP contribution is -2.49. The van der Waals surface area contributed by atoms with Crippen molar-refractivity contribution in [2.75, 3.05) is 26.2 Å². The molecule has 0 spiro atoms. The van der Waals surface area contributed by atoms with E-state index in [0.717, 1.165) is 31.4 Å². The van der Waals surface area contributed by atoms with Crippen LogP contribution in [-0.2, 0) is 0 Å². The smallest absolute Gasteiger partial charge is 0.337 e. The molecule has 2 fully saturated rings. The van der Waals surface area contributed by atoms with E-state index in [1.807, 2.05) is 38.1 Å². The molecule has 3 N–H and O–H groups in total. The first-order valence-electron chi connectivity index (χ1n) is 11.9. The number of likely N-dealkylation sites (tertiary alicyclic amines) is 1. The van der Waals surface area contributed by atoms with Crippen molar-refractivity contribution in [2.45, 2.75) is 70.1 Å². The van der Waals surface area contributed by atoms with E-state index in [4.69, 9.17) is 0 Å². The van der Waals surface area contributed by atoms with Gasteiger partial charge in [0.25, 0.3) is 0 Å². The fourth-order valence-corrected chi connectivity index (χ4v) is 5.24. The van der Waals surface area contributed by atoms with Crippen LogP contribution >= 0.6 is 12.4 Å². The van der Waals surface area contributed by atoms with Gasteiger partial charge >= 0.3 is 11.7 Å². The van der Waals surface area contributed by atoms with Gasteiger partial charge in [0.1, 0.15) is 0 Å². The zero-order chi connectivity index (χ0) is 22.9. The molecule has 0 unspecified atom stereocenters. The van der Waals surface area contributed by atoms with Crippen molar-refractivity contribution in [2.24, 2.45) is 5.92 Å². The maximum atomic E-state index is 12.9. The molecule has 2 heterocycles. The number of carbonyl (C=O) groups excluding carboxylic acids is 1. The zero-order valence-corrected chi connectivity index (χ0v) is 20.4. The highest BCUT2D eigenvalue weighted by atomic mass is 35.5. The van der Waals surface area contributed by atoms with E-state index in [9.17, 15) is 19.8 Å². The number of nitrogens with one attached hydrogen (secondary N) is 1. The number of aliphatic hydroxyl groups excluding tert-OH is 1. The molecule has 0 atom stereocenters. The van der Waals surface area contributed by atoms with Gasteiger partial charge in [-0.15, -0.1) is 12.4 Å². The van der Waals surface area contributed by atoms with E-state index < -0.39 is 5.60 Å². The third-order valence-electron chi connectivity index (χ3n) is 7.15. The minimum Gasteiger partial charge on any atom is -0.393 e. The summed E-state index contributed by atoms with van der Waals surface area (Å²) in [6, 6.07) is 6.99. The topological polar surface area (TPSA) is 99.7 Å². The maximum absolute atomic E-state index is 12.9. The molecule has 1 aromatic heterocycles. The van der Waals surface area contributed by atoms with E-state index in [-0.39, 0.29) is 36.3 Å². The van der Waals surface area contributed by atoms with Crippen LogP contribution in [0, 0.1) is 5.92 Å². The highest BCUT2D eigenvalue weighted by Gasteiger charge is 2.35. The summed E-state index contributed by atoms with van der Waals surface area (Å²) in [7, 11) is 0. The van der Waals surface area contributed by atoms with Crippen molar-refractivity contribution in [3.8, 4) is 0 Å². The van der Waals surface area contributed by atoms with Gasteiger partial charge in [0.2, 0.25) is 0 Å². The first-order valence-corrected chi connectivity index (χ1v) is 11.9. The zero-order valence-electron chi connectivity index (χ0n) is 19.6. The fraction of sp³-hybridized carbons (Fsp3) is 0.667. The predicted octanol–water partition coefficient (Wildman–Crippen LogP) is 2.74. The summed E-state index contributed by atoms with van der Waals surface area (Å²) in [5.41, 5.74) is 0.402. The minimum atomic E-state index is -0.688. The SMILES string of the molecule is CC(C)n1c(=O)n(C(=O)NCC2CCN(CC3(O)CCC(O)CC3)CC2)c2ccccc21.Cl. The van der Waals surface area contributed by atoms with Crippen LogP contribution in [0.15, 0.2) is 29.1 Å². The Morgan fingerprint density at radius 3 is 2.33 bits per heavy atom. The maximum Gasteiger partial charge on any atom is 0.337 e. The Labute approximate surface area is 201 Å². The van der Waals surface area contributed by atoms with Gasteiger partial charge in [-0.3, -0.25) is 4.57 Å². The first-order chi connectivity index (χ1) is 15.3. The van der Waals surface area contributed by atoms with Gasteiger partial charge in [-0.1, -0.05) is 12.1 Å². The molecule has 8 nitrogen and oxygen atoms in total. The Morgan fingerprint density at radius 2 is 1.73 bits per heavy atom. The fourth-order valence-electron chi connectivity index (χ4n) is 5.24. The predicted molar refractivity (Wildman–Crippen MR) is 131 cm³/mol. The van der Waals surface area contributed by atoms with Crippen molar-refractivity contribution >= 4 is 29.5 Å². The van der Waals surface area contributed by atoms with Crippen molar-refractivity contribution in [3.63, 3.8) is 0 Å². The van der Waals surface area contributed by atoms with Gasteiger partial charge in [-0.25, -0.2) is 14.2 Å². The average molecular weight is 481 g/mol. The molecule has 0 radical (unpaired) electrons. The van der Waals surface area contributed by atoms with Gasteiger partial charge < -0.3 is 20.4 Å². The number of aliphatic hydroxyl groups is 2. The summed E-state index contributed by atoms with van der Waals surface area (Å²) in [6.45, 7) is 6.85. The summed E-state index contributed by atoms with van der Waals surface area (Å²) >= 11 is 0. The quantitative estimate of drug-likeness (QED) is 0.611. The number of benzene rings is 1. The van der Waals surface area contributed by atoms with E-state index in [0.29, 0.717) is 50.2 Å². The van der Waals surface area contributed by atoms with Gasteiger partial charge in [0.05, 0.1) is 22.7 Å². The summed E-state index contributed by atoms with van der Waals surface area (Å²) in [5, 5.41) is 23.5. The second-order valence-electron chi connectivity index (χ2n) is 9.93. The number of hydrogen-bond donors (Lipinski definition) is 3. The lowest BCUT2D eigenvalue weighted by molar-refractivity contribution is -0.0572. The number of β-amino-alcohol motifs (C(OH)–C–C–N with tert-alkyl or cyclic N) is 1. The summed E-state index contributed by atoms with van der Waals surface area (Å²) < 4.78 is 2.90. The van der Waals surface area contributed by atoms with Crippen molar-refractivity contribution in [1.82, 2.24) is 19.4 Å². The molecule has 1 aromatic carbocycles. The van der Waals surface area contributed by atoms with Gasteiger partial charge in [-0.2, -0.15) is 0 Å². The summed E-state index contributed by atoms with van der Waals surface area (Å²) in [5.74, 6) is 0.354. The Hall–Kier alpha value is -1.87. The Morgan fingerprint density at radius 1 is 1.12 bits per heavy atom. The van der Waals surface area contributed by atoms with Gasteiger partial charge in [0, 0.05) is 19.1 Å². The van der Waals surface area contributed by atoms with Crippen LogP contribution in [0.1, 0.15) is 58.4 Å². The highest BCUT2D eigenvalue weighted by Crippen LogP contribution is 2.30. The average Bonchev–Trinajstić information content (AvgIpc) is 3.07. The molecular weight excluding hydrogens is 444 g/mol. The van der Waals surface area contributed by atoms with Gasteiger partial charge in [-0.05, 0) is 83.5 Å². The van der Waals surface area contributed by atoms with E-state index in [1.165, 1.54) is 4.57 Å². The number of nitrogens with zero attached hydrogens (tertiary/aromatic N) is 3. The molecule has 0 bridgehead atoms. The lowest BCUT2D eigenvalue weighted by Gasteiger charge is -2.40. The van der Waals surface area contributed by atoms with E-state index in [1.54, 1.807) is 4.57 Å². The molecule has 184 valence electrons. The number of imidazole rings is 1. The van der Waals surface area contributed by atoms with Crippen molar-refractivity contribution < 1.29 is 15.0 Å². The number of para-hydroxylation sites is 2. The van der Waals surface area contributed by atoms with Crippen LogP contribution in [0.25, 0.3) is 11.0 Å². The minimum absolute atomic E-state index is 0. The number of rotatable bonds is 5. The van der Waals surface area contributed by atoms with Crippen LogP contribution < -0.4 is 11.0 Å². The van der Waals surface area contributed by atoms with Crippen LogP contribution in [-0.4, -0.2) is 68.2 Å². The molecule has 1 saturated carbocycles. The molecule has 1 aliphatic heterocycles. The van der Waals surface area contributed by atoms with Crippen molar-refractivity contribution in [3.05, 3.63) is 34.7 Å². The number of hydrogen-bond acceptors (Lipinski definition) is 5. The van der Waals surface area contributed by atoms with Crippen molar-refractivity contribution in [1.29, 1.82) is 0 Å².